The average Bonchev–Trinajstić information content (AvgIpc) is 2.48. The van der Waals surface area contributed by atoms with E-state index < -0.39 is 6.10 Å². The Balaban J connectivity index is 2.50. The smallest absolute Gasteiger partial charge is 0.142 e. The van der Waals surface area contributed by atoms with Crippen molar-refractivity contribution in [1.82, 2.24) is 4.90 Å². The Labute approximate surface area is 127 Å². The van der Waals surface area contributed by atoms with Crippen LogP contribution < -0.4 is 10.5 Å². The molecule has 0 fully saturated rings. The van der Waals surface area contributed by atoms with E-state index in [0.717, 1.165) is 12.8 Å². The number of benzene rings is 1. The van der Waals surface area contributed by atoms with Crippen molar-refractivity contribution in [3.63, 3.8) is 0 Å². The molecule has 0 heterocycles. The first-order chi connectivity index (χ1) is 10.1. The van der Waals surface area contributed by atoms with Gasteiger partial charge in [0.1, 0.15) is 18.5 Å². The van der Waals surface area contributed by atoms with Gasteiger partial charge >= 0.3 is 0 Å². The molecular weight excluding hydrogens is 268 g/mol. The molecule has 0 bridgehead atoms. The molecule has 1 rings (SSSR count). The van der Waals surface area contributed by atoms with Crippen LogP contribution in [0.4, 0.5) is 5.69 Å². The normalized spacial score (nSPS) is 12.9. The molecule has 1 aromatic rings. The third-order valence-electron chi connectivity index (χ3n) is 3.64. The number of para-hydroxylation sites is 2. The van der Waals surface area contributed by atoms with Gasteiger partial charge in [0.25, 0.3) is 0 Å². The van der Waals surface area contributed by atoms with Gasteiger partial charge in [-0.05, 0) is 25.0 Å². The van der Waals surface area contributed by atoms with Gasteiger partial charge in [-0.3, -0.25) is 4.90 Å². The average molecular weight is 296 g/mol. The summed E-state index contributed by atoms with van der Waals surface area (Å²) in [5.74, 6) is 0.591. The van der Waals surface area contributed by atoms with Gasteiger partial charge < -0.3 is 20.7 Å². The summed E-state index contributed by atoms with van der Waals surface area (Å²) in [5.41, 5.74) is 6.36. The molecule has 21 heavy (non-hydrogen) atoms. The molecule has 4 N–H and O–H groups in total. The van der Waals surface area contributed by atoms with E-state index in [0.29, 0.717) is 30.6 Å². The molecule has 0 saturated heterocycles. The van der Waals surface area contributed by atoms with E-state index in [-0.39, 0.29) is 13.2 Å². The second kappa shape index (κ2) is 9.60. The molecule has 1 aromatic carbocycles. The first kappa shape index (κ1) is 17.8. The van der Waals surface area contributed by atoms with Crippen molar-refractivity contribution < 1.29 is 14.9 Å². The fourth-order valence-electron chi connectivity index (χ4n) is 2.48. The number of anilines is 1. The number of rotatable bonds is 10. The van der Waals surface area contributed by atoms with Crippen LogP contribution in [-0.2, 0) is 0 Å². The van der Waals surface area contributed by atoms with Crippen LogP contribution in [0.1, 0.15) is 26.7 Å². The largest absolute Gasteiger partial charge is 0.489 e. The van der Waals surface area contributed by atoms with Crippen LogP contribution in [0.2, 0.25) is 0 Å². The third kappa shape index (κ3) is 5.91. The van der Waals surface area contributed by atoms with E-state index in [1.54, 1.807) is 12.1 Å². The van der Waals surface area contributed by atoms with Crippen LogP contribution in [0, 0.1) is 0 Å². The monoisotopic (exact) mass is 296 g/mol. The fourth-order valence-corrected chi connectivity index (χ4v) is 2.48. The predicted octanol–water partition coefficient (Wildman–Crippen LogP) is 1.49. The molecule has 120 valence electrons. The van der Waals surface area contributed by atoms with E-state index >= 15 is 0 Å². The summed E-state index contributed by atoms with van der Waals surface area (Å²) < 4.78 is 5.56. The molecular formula is C16H28N2O3. The van der Waals surface area contributed by atoms with Gasteiger partial charge in [-0.25, -0.2) is 0 Å². The Morgan fingerprint density at radius 3 is 2.48 bits per heavy atom. The Hall–Kier alpha value is -1.30. The molecule has 1 unspecified atom stereocenters. The second-order valence-corrected chi connectivity index (χ2v) is 5.19. The van der Waals surface area contributed by atoms with Gasteiger partial charge in [0.05, 0.1) is 12.3 Å². The van der Waals surface area contributed by atoms with E-state index in [4.69, 9.17) is 15.6 Å². The van der Waals surface area contributed by atoms with Gasteiger partial charge in [-0.15, -0.1) is 0 Å². The zero-order chi connectivity index (χ0) is 15.7. The van der Waals surface area contributed by atoms with Crippen molar-refractivity contribution in [1.29, 1.82) is 0 Å². The molecule has 0 aliphatic carbocycles. The van der Waals surface area contributed by atoms with Gasteiger partial charge in [-0.1, -0.05) is 26.0 Å². The minimum Gasteiger partial charge on any atom is -0.489 e. The van der Waals surface area contributed by atoms with E-state index in [1.165, 1.54) is 0 Å². The topological polar surface area (TPSA) is 79.0 Å². The molecule has 5 heteroatoms. The first-order valence-electron chi connectivity index (χ1n) is 7.62. The van der Waals surface area contributed by atoms with Crippen molar-refractivity contribution in [3.8, 4) is 5.75 Å². The standard InChI is InChI=1S/C16H28N2O3/c1-3-13(4-2)18(9-10-19)11-14(20)12-21-16-8-6-5-7-15(16)17/h5-8,13-14,19-20H,3-4,9-12,17H2,1-2H3. The van der Waals surface area contributed by atoms with Crippen molar-refractivity contribution in [2.75, 3.05) is 32.0 Å². The number of nitrogens with two attached hydrogens (primary N) is 1. The lowest BCUT2D eigenvalue weighted by Gasteiger charge is -2.31. The lowest BCUT2D eigenvalue weighted by Crippen LogP contribution is -2.43. The quantitative estimate of drug-likeness (QED) is 0.570. The lowest BCUT2D eigenvalue weighted by atomic mass is 10.1. The Kier molecular flexibility index (Phi) is 8.12. The highest BCUT2D eigenvalue weighted by Crippen LogP contribution is 2.20. The van der Waals surface area contributed by atoms with Crippen LogP contribution in [0.5, 0.6) is 5.75 Å². The van der Waals surface area contributed by atoms with E-state index in [1.807, 2.05) is 12.1 Å². The maximum atomic E-state index is 10.1. The Morgan fingerprint density at radius 2 is 1.90 bits per heavy atom. The summed E-state index contributed by atoms with van der Waals surface area (Å²) in [6.07, 6.45) is 1.38. The zero-order valence-corrected chi connectivity index (χ0v) is 13.0. The van der Waals surface area contributed by atoms with E-state index in [2.05, 4.69) is 18.7 Å². The number of hydrogen-bond acceptors (Lipinski definition) is 5. The first-order valence-corrected chi connectivity index (χ1v) is 7.62. The minimum atomic E-state index is -0.614. The zero-order valence-electron chi connectivity index (χ0n) is 13.0. The van der Waals surface area contributed by atoms with Crippen LogP contribution in [0.3, 0.4) is 0 Å². The van der Waals surface area contributed by atoms with Gasteiger partial charge in [0.2, 0.25) is 0 Å². The Bertz CT molecular complexity index is 397. The maximum absolute atomic E-state index is 10.1. The molecule has 0 aromatic heterocycles. The number of aliphatic hydroxyl groups is 2. The number of nitrogens with zero attached hydrogens (tertiary/aromatic N) is 1. The summed E-state index contributed by atoms with van der Waals surface area (Å²) in [4.78, 5) is 2.11. The van der Waals surface area contributed by atoms with Crippen LogP contribution >= 0.6 is 0 Å². The highest BCUT2D eigenvalue weighted by Gasteiger charge is 2.18. The van der Waals surface area contributed by atoms with Crippen molar-refractivity contribution in [2.24, 2.45) is 0 Å². The summed E-state index contributed by atoms with van der Waals surface area (Å²) in [6, 6.07) is 7.61. The molecule has 0 amide bonds. The molecule has 0 spiro atoms. The summed E-state index contributed by atoms with van der Waals surface area (Å²) in [6.45, 7) is 5.57. The maximum Gasteiger partial charge on any atom is 0.142 e. The summed E-state index contributed by atoms with van der Waals surface area (Å²) in [5, 5.41) is 19.3. The number of nitrogen functional groups attached to an aromatic ring is 1. The fraction of sp³-hybridized carbons (Fsp3) is 0.625. The van der Waals surface area contributed by atoms with Gasteiger partial charge in [0.15, 0.2) is 0 Å². The van der Waals surface area contributed by atoms with Crippen LogP contribution in [0.25, 0.3) is 0 Å². The second-order valence-electron chi connectivity index (χ2n) is 5.19. The molecule has 1 atom stereocenters. The SMILES string of the molecule is CCC(CC)N(CCO)CC(O)COc1ccccc1N. The number of hydrogen-bond donors (Lipinski definition) is 3. The van der Waals surface area contributed by atoms with E-state index in [9.17, 15) is 5.11 Å². The van der Waals surface area contributed by atoms with Crippen molar-refractivity contribution in [2.45, 2.75) is 38.8 Å². The number of aliphatic hydroxyl groups excluding tert-OH is 2. The van der Waals surface area contributed by atoms with Gasteiger partial charge in [0, 0.05) is 19.1 Å². The highest BCUT2D eigenvalue weighted by atomic mass is 16.5. The summed E-state index contributed by atoms with van der Waals surface area (Å²) >= 11 is 0. The van der Waals surface area contributed by atoms with Crippen LogP contribution in [-0.4, -0.2) is 53.6 Å². The molecule has 5 nitrogen and oxygen atoms in total. The lowest BCUT2D eigenvalue weighted by molar-refractivity contribution is 0.0425. The minimum absolute atomic E-state index is 0.0930. The predicted molar refractivity (Wildman–Crippen MR) is 85.4 cm³/mol. The molecule has 0 aliphatic rings. The van der Waals surface area contributed by atoms with Crippen molar-refractivity contribution in [3.05, 3.63) is 24.3 Å². The third-order valence-corrected chi connectivity index (χ3v) is 3.64. The molecule has 0 radical (unpaired) electrons. The van der Waals surface area contributed by atoms with Crippen molar-refractivity contribution >= 4 is 5.69 Å². The summed E-state index contributed by atoms with van der Waals surface area (Å²) in [7, 11) is 0. The van der Waals surface area contributed by atoms with Gasteiger partial charge in [-0.2, -0.15) is 0 Å². The van der Waals surface area contributed by atoms with Crippen LogP contribution in [0.15, 0.2) is 24.3 Å². The molecule has 0 aliphatic heterocycles. The highest BCUT2D eigenvalue weighted by molar-refractivity contribution is 5.51. The number of ether oxygens (including phenoxy) is 1. The molecule has 0 saturated carbocycles. The Morgan fingerprint density at radius 1 is 1.24 bits per heavy atom.